The molecular weight excluding hydrogens is 987 g/mol. The number of benzene rings is 1. The van der Waals surface area contributed by atoms with E-state index in [1.54, 1.807) is 57.4 Å². The quantitative estimate of drug-likeness (QED) is 0.0385. The molecular formula is C47H53N21O8. The molecule has 29 nitrogen and oxygen atoms in total. The fraction of sp³-hybridized carbons (Fsp3) is 0.213. The van der Waals surface area contributed by atoms with Crippen molar-refractivity contribution in [1.29, 1.82) is 10.8 Å². The average Bonchev–Trinajstić information content (AvgIpc) is 4.22. The molecule has 76 heavy (non-hydrogen) atoms. The van der Waals surface area contributed by atoms with Crippen LogP contribution in [-0.2, 0) is 47.1 Å². The monoisotopic (exact) mass is 1040 g/mol. The zero-order valence-electron chi connectivity index (χ0n) is 41.8. The van der Waals surface area contributed by atoms with Gasteiger partial charge in [-0.05, 0) is 36.4 Å². The zero-order valence-corrected chi connectivity index (χ0v) is 41.8. The highest BCUT2D eigenvalue weighted by atomic mass is 16.2. The summed E-state index contributed by atoms with van der Waals surface area (Å²) in [6.45, 7) is 0.133. The van der Waals surface area contributed by atoms with Crippen molar-refractivity contribution in [1.82, 2.24) is 47.7 Å². The summed E-state index contributed by atoms with van der Waals surface area (Å²) >= 11 is 0. The Labute approximate surface area is 431 Å². The molecule has 8 amide bonds. The number of hydrogen-bond acceptors (Lipinski definition) is 13. The molecule has 6 aromatic heterocycles. The Morgan fingerprint density at radius 1 is 0.434 bits per heavy atom. The van der Waals surface area contributed by atoms with Crippen molar-refractivity contribution in [3.05, 3.63) is 120 Å². The molecule has 1 aromatic carbocycles. The molecule has 0 unspecified atom stereocenters. The average molecular weight is 1040 g/mol. The number of carbonyl (C=O) groups excluding carboxylic acids is 8. The summed E-state index contributed by atoms with van der Waals surface area (Å²) in [7, 11) is 9.57. The van der Waals surface area contributed by atoms with E-state index in [0.29, 0.717) is 22.9 Å². The standard InChI is InChI=1S/C47H53N21O8/c1-63-18-26(15-29(63)43(72)54-27-16-30(64(2)19-27)44(73)55-28-17-36(65(3)20-28)62-37(69)12-11-31(48)49)53-41(70)24-7-9-25(10-8-24)42(71)59-33-21-67(5)39(57-33)46(75)61-35-23-68(6)40(58-35)47(76)60-34-22-66(4)38(56-34)45(74)52-14-13-32(50)51/h7-10,15-23H,11-14H2,1-6H3,(H3,48,49)(H3,50,51)(H,52,74)(H,53,70)(H,54,72)(H,55,73)(H,59,71)(H,60,76)(H,61,75)(H,62,69). The molecule has 394 valence electrons. The van der Waals surface area contributed by atoms with E-state index in [0.717, 1.165) is 0 Å². The maximum Gasteiger partial charge on any atom is 0.292 e. The minimum absolute atomic E-state index is 0.00562. The molecule has 0 aliphatic heterocycles. The predicted octanol–water partition coefficient (Wildman–Crippen LogP) is 2.13. The summed E-state index contributed by atoms with van der Waals surface area (Å²) in [5.41, 5.74) is 12.5. The topological polar surface area (TPSA) is 401 Å². The van der Waals surface area contributed by atoms with E-state index in [1.165, 1.54) is 91.9 Å². The van der Waals surface area contributed by atoms with Crippen molar-refractivity contribution in [2.75, 3.05) is 43.8 Å². The number of anilines is 7. The lowest BCUT2D eigenvalue weighted by atomic mass is 10.1. The SMILES string of the molecule is Cn1cc(NC(=O)c2cc(NC(=O)c3cc(NC(=O)c4ccc(C(=O)Nc5cn(C)c(C(=O)Nc6cn(C)c(C(=O)Nc7cn(C)c(C(=O)NCCC(=N)N)n7)n6)n5)cc4)cn3C)cn2C)cc1NC(=O)CCC(=N)N. The van der Waals surface area contributed by atoms with Gasteiger partial charge < -0.3 is 81.4 Å². The van der Waals surface area contributed by atoms with Crippen LogP contribution in [0.15, 0.2) is 79.6 Å². The molecule has 0 bridgehead atoms. The zero-order chi connectivity index (χ0) is 55.1. The largest absolute Gasteiger partial charge is 0.388 e. The van der Waals surface area contributed by atoms with Crippen LogP contribution in [0, 0.1) is 10.8 Å². The second kappa shape index (κ2) is 22.4. The van der Waals surface area contributed by atoms with Crippen LogP contribution in [0.1, 0.15) is 92.8 Å². The predicted molar refractivity (Wildman–Crippen MR) is 279 cm³/mol. The van der Waals surface area contributed by atoms with Gasteiger partial charge in [0.15, 0.2) is 17.5 Å². The van der Waals surface area contributed by atoms with Crippen molar-refractivity contribution in [2.45, 2.75) is 19.3 Å². The Kier molecular flexibility index (Phi) is 15.7. The van der Waals surface area contributed by atoms with Crippen molar-refractivity contribution in [3.8, 4) is 0 Å². The Morgan fingerprint density at radius 3 is 1.26 bits per heavy atom. The lowest BCUT2D eigenvalue weighted by Gasteiger charge is -2.05. The maximum atomic E-state index is 13.4. The van der Waals surface area contributed by atoms with E-state index in [2.05, 4.69) is 57.5 Å². The van der Waals surface area contributed by atoms with Gasteiger partial charge in [-0.15, -0.1) is 0 Å². The van der Waals surface area contributed by atoms with Gasteiger partial charge in [0.1, 0.15) is 17.2 Å². The minimum Gasteiger partial charge on any atom is -0.388 e. The van der Waals surface area contributed by atoms with Gasteiger partial charge in [-0.1, -0.05) is 0 Å². The summed E-state index contributed by atoms with van der Waals surface area (Å²) in [6.07, 6.45) is 9.26. The minimum atomic E-state index is -0.707. The van der Waals surface area contributed by atoms with E-state index in [4.69, 9.17) is 22.3 Å². The van der Waals surface area contributed by atoms with Gasteiger partial charge in [-0.25, -0.2) is 15.0 Å². The van der Waals surface area contributed by atoms with E-state index in [1.807, 2.05) is 0 Å². The van der Waals surface area contributed by atoms with Crippen LogP contribution in [-0.4, -0.2) is 108 Å². The van der Waals surface area contributed by atoms with Crippen LogP contribution in [0.3, 0.4) is 0 Å². The molecule has 6 heterocycles. The Hall–Kier alpha value is -10.6. The number of hydrogen-bond donors (Lipinski definition) is 12. The van der Waals surface area contributed by atoms with Gasteiger partial charge in [-0.2, -0.15) is 0 Å². The molecule has 0 fully saturated rings. The van der Waals surface area contributed by atoms with Crippen molar-refractivity contribution < 1.29 is 38.4 Å². The van der Waals surface area contributed by atoms with Gasteiger partial charge in [0.2, 0.25) is 23.4 Å². The van der Waals surface area contributed by atoms with Crippen molar-refractivity contribution in [2.24, 2.45) is 53.8 Å². The fourth-order valence-corrected chi connectivity index (χ4v) is 7.43. The molecule has 0 atom stereocenters. The number of carbonyl (C=O) groups is 8. The molecule has 29 heteroatoms. The molecule has 0 saturated carbocycles. The number of imidazole rings is 3. The van der Waals surface area contributed by atoms with E-state index >= 15 is 0 Å². The number of amidine groups is 2. The van der Waals surface area contributed by atoms with Crippen LogP contribution in [0.4, 0.5) is 40.3 Å². The Morgan fingerprint density at radius 2 is 0.816 bits per heavy atom. The lowest BCUT2D eigenvalue weighted by Crippen LogP contribution is -2.29. The molecule has 0 saturated heterocycles. The number of nitrogens with one attached hydrogen (secondary N) is 10. The highest BCUT2D eigenvalue weighted by molar-refractivity contribution is 6.10. The van der Waals surface area contributed by atoms with Gasteiger partial charge >= 0.3 is 0 Å². The first-order valence-corrected chi connectivity index (χ1v) is 22.8. The summed E-state index contributed by atoms with van der Waals surface area (Å²) < 4.78 is 8.81. The van der Waals surface area contributed by atoms with Crippen molar-refractivity contribution in [3.63, 3.8) is 0 Å². The lowest BCUT2D eigenvalue weighted by molar-refractivity contribution is -0.116. The van der Waals surface area contributed by atoms with Crippen LogP contribution in [0.5, 0.6) is 0 Å². The highest BCUT2D eigenvalue weighted by Gasteiger charge is 2.23. The third-order valence-electron chi connectivity index (χ3n) is 11.2. The fourth-order valence-electron chi connectivity index (χ4n) is 7.43. The van der Waals surface area contributed by atoms with Crippen LogP contribution >= 0.6 is 0 Å². The van der Waals surface area contributed by atoms with Crippen molar-refractivity contribution >= 4 is 99.3 Å². The van der Waals surface area contributed by atoms with E-state index in [-0.39, 0.29) is 101 Å². The highest BCUT2D eigenvalue weighted by Crippen LogP contribution is 2.23. The number of nitrogens with zero attached hydrogens (tertiary/aromatic N) is 9. The number of amides is 8. The molecule has 0 spiro atoms. The smallest absolute Gasteiger partial charge is 0.292 e. The van der Waals surface area contributed by atoms with Gasteiger partial charge in [0, 0.05) is 122 Å². The number of aryl methyl sites for hydroxylation is 6. The summed E-state index contributed by atoms with van der Waals surface area (Å²) in [5.74, 6) is -4.24. The second-order valence-corrected chi connectivity index (χ2v) is 17.3. The van der Waals surface area contributed by atoms with Gasteiger partial charge in [0.05, 0.1) is 28.7 Å². The number of aromatic nitrogens is 9. The molecule has 0 radical (unpaired) electrons. The summed E-state index contributed by atoms with van der Waals surface area (Å²) in [4.78, 5) is 117. The molecule has 7 rings (SSSR count). The maximum absolute atomic E-state index is 13.4. The van der Waals surface area contributed by atoms with Crippen LogP contribution in [0.2, 0.25) is 0 Å². The van der Waals surface area contributed by atoms with E-state index in [9.17, 15) is 38.4 Å². The summed E-state index contributed by atoms with van der Waals surface area (Å²) in [6, 6.07) is 10.3. The van der Waals surface area contributed by atoms with E-state index < -0.39 is 41.4 Å². The third-order valence-corrected chi connectivity index (χ3v) is 11.2. The Balaban J connectivity index is 0.889. The first-order chi connectivity index (χ1) is 36.0. The molecule has 7 aromatic rings. The molecule has 14 N–H and O–H groups in total. The molecule has 0 aliphatic carbocycles. The first kappa shape index (κ1) is 53.2. The van der Waals surface area contributed by atoms with Crippen LogP contribution in [0.25, 0.3) is 0 Å². The normalized spacial score (nSPS) is 10.8. The van der Waals surface area contributed by atoms with Gasteiger partial charge in [-0.3, -0.25) is 49.2 Å². The van der Waals surface area contributed by atoms with Gasteiger partial charge in [0.25, 0.3) is 41.4 Å². The second-order valence-electron chi connectivity index (χ2n) is 17.3. The third kappa shape index (κ3) is 12.9. The Bertz CT molecular complexity index is 3470. The van der Waals surface area contributed by atoms with Crippen LogP contribution < -0.4 is 54.0 Å². The first-order valence-electron chi connectivity index (χ1n) is 22.8. The molecule has 0 aliphatic rings. The number of nitrogens with two attached hydrogens (primary N) is 2. The summed E-state index contributed by atoms with van der Waals surface area (Å²) in [5, 5.41) is 35.9. The number of rotatable bonds is 20.